The number of halogens is 2. The third-order valence-electron chi connectivity index (χ3n) is 11.2. The Hall–Kier alpha value is -6.53. The number of carbonyl (C=O) groups excluding carboxylic acids is 3. The Morgan fingerprint density at radius 2 is 1.13 bits per heavy atom. The molecule has 68 heavy (non-hydrogen) atoms. The van der Waals surface area contributed by atoms with Gasteiger partial charge >= 0.3 is 21.7 Å². The van der Waals surface area contributed by atoms with Crippen LogP contribution >= 0.6 is 27.0 Å². The topological polar surface area (TPSA) is 185 Å². The van der Waals surface area contributed by atoms with Crippen molar-refractivity contribution in [2.24, 2.45) is 5.41 Å². The largest absolute Gasteiger partial charge is 0.589 e. The molecule has 5 aromatic carbocycles. The number of hydrogen-bond acceptors (Lipinski definition) is 16. The van der Waals surface area contributed by atoms with Crippen LogP contribution in [0.3, 0.4) is 0 Å². The predicted molar refractivity (Wildman–Crippen MR) is 242 cm³/mol. The van der Waals surface area contributed by atoms with E-state index < -0.39 is 88.7 Å². The van der Waals surface area contributed by atoms with E-state index >= 15 is 18.4 Å². The van der Waals surface area contributed by atoms with Crippen molar-refractivity contribution in [3.05, 3.63) is 150 Å². The second kappa shape index (κ2) is 18.9. The number of barbiturate groups is 1. The Bertz CT molecular complexity index is 2730. The van der Waals surface area contributed by atoms with Crippen molar-refractivity contribution in [2.45, 2.75) is 45.4 Å². The summed E-state index contributed by atoms with van der Waals surface area (Å²) in [6, 6.07) is 29.8. The summed E-state index contributed by atoms with van der Waals surface area (Å²) in [4.78, 5) is 48.4. The van der Waals surface area contributed by atoms with Gasteiger partial charge in [0.05, 0.1) is 29.5 Å². The second-order valence-electron chi connectivity index (χ2n) is 15.9. The number of anilines is 1. The highest BCUT2D eigenvalue weighted by molar-refractivity contribution is 7.49. The van der Waals surface area contributed by atoms with E-state index in [0.29, 0.717) is 14.8 Å². The number of phosphoric ester groups is 2. The number of rotatable bonds is 15. The van der Waals surface area contributed by atoms with E-state index in [0.717, 1.165) is 11.3 Å². The van der Waals surface area contributed by atoms with Gasteiger partial charge in [-0.3, -0.25) is 9.59 Å². The number of ether oxygens (including phenoxy) is 1. The minimum atomic E-state index is -4.85. The summed E-state index contributed by atoms with van der Waals surface area (Å²) in [5, 5.41) is 8.48. The van der Waals surface area contributed by atoms with Gasteiger partial charge in [0.2, 0.25) is 0 Å². The number of carbonyl (C=O) groups is 3. The van der Waals surface area contributed by atoms with Crippen LogP contribution in [-0.4, -0.2) is 76.1 Å². The summed E-state index contributed by atoms with van der Waals surface area (Å²) >= 11 is 0.996. The molecule has 1 aromatic heterocycles. The van der Waals surface area contributed by atoms with Crippen LogP contribution in [0.1, 0.15) is 24.4 Å². The number of hydrogen-bond donors (Lipinski definition) is 0. The molecular weight excluding hydrogens is 947 g/mol. The number of fused-ring (bicyclic) bond motifs is 4. The van der Waals surface area contributed by atoms with Gasteiger partial charge in [-0.1, -0.05) is 84.1 Å². The summed E-state index contributed by atoms with van der Waals surface area (Å²) in [5.74, 6) is -4.74. The first-order valence-corrected chi connectivity index (χ1v) is 24.8. The first kappa shape index (κ1) is 46.6. The molecule has 0 radical (unpaired) electrons. The van der Waals surface area contributed by atoms with Crippen molar-refractivity contribution < 1.29 is 64.2 Å². The van der Waals surface area contributed by atoms with E-state index in [1.54, 1.807) is 93.6 Å². The van der Waals surface area contributed by atoms with Crippen molar-refractivity contribution in [3.63, 3.8) is 0 Å². The highest BCUT2D eigenvalue weighted by Gasteiger charge is 2.67. The number of para-hydroxylation sites is 4. The number of nitrogens with zero attached hydrogens (tertiary/aromatic N) is 5. The van der Waals surface area contributed by atoms with Crippen molar-refractivity contribution in [2.75, 3.05) is 24.9 Å². The van der Waals surface area contributed by atoms with Crippen LogP contribution in [0.4, 0.5) is 19.3 Å². The first-order chi connectivity index (χ1) is 32.7. The van der Waals surface area contributed by atoms with Gasteiger partial charge in [-0.2, -0.15) is 0 Å². The molecular formula is C46H41F2N5O12P2S. The zero-order valence-electron chi connectivity index (χ0n) is 36.4. The SMILES string of the molecule is Cc1nnc(-c2cc3c(c(F)c2F)N2C[C@H](C)O[C@H](C)C2C2(C3)C(=O)N(COP(=O)(Oc3ccccc3)Oc3ccccc3)C(=O)N(COP(=O)(Oc3ccccc3)Oc3ccccc3)C2=O)s1. The monoisotopic (exact) mass is 987 g/mol. The van der Waals surface area contributed by atoms with Gasteiger partial charge in [0.15, 0.2) is 22.1 Å². The summed E-state index contributed by atoms with van der Waals surface area (Å²) in [6.07, 6.45) is -2.36. The van der Waals surface area contributed by atoms with Crippen molar-refractivity contribution in [3.8, 4) is 33.6 Å². The van der Waals surface area contributed by atoms with E-state index in [4.69, 9.17) is 31.9 Å². The quantitative estimate of drug-likeness (QED) is 0.0699. The van der Waals surface area contributed by atoms with Crippen LogP contribution in [0, 0.1) is 24.0 Å². The highest BCUT2D eigenvalue weighted by atomic mass is 32.1. The number of aryl methyl sites for hydroxylation is 1. The summed E-state index contributed by atoms with van der Waals surface area (Å²) in [5.41, 5.74) is -2.96. The zero-order chi connectivity index (χ0) is 47.8. The van der Waals surface area contributed by atoms with E-state index in [1.165, 1.54) is 59.5 Å². The molecule has 3 atom stereocenters. The molecule has 4 heterocycles. The fourth-order valence-electron chi connectivity index (χ4n) is 8.47. The molecule has 0 aliphatic carbocycles. The third-order valence-corrected chi connectivity index (χ3v) is 14.7. The van der Waals surface area contributed by atoms with E-state index in [-0.39, 0.29) is 51.4 Å². The lowest BCUT2D eigenvalue weighted by atomic mass is 9.65. The smallest absolute Gasteiger partial charge is 0.395 e. The molecule has 1 unspecified atom stereocenters. The maximum Gasteiger partial charge on any atom is 0.589 e. The maximum absolute atomic E-state index is 16.7. The van der Waals surface area contributed by atoms with Crippen LogP contribution in [0.5, 0.6) is 23.0 Å². The predicted octanol–water partition coefficient (Wildman–Crippen LogP) is 9.59. The lowest BCUT2D eigenvalue weighted by Crippen LogP contribution is -2.76. The van der Waals surface area contributed by atoms with E-state index in [2.05, 4.69) is 10.2 Å². The summed E-state index contributed by atoms with van der Waals surface area (Å²) < 4.78 is 103. The lowest BCUT2D eigenvalue weighted by Gasteiger charge is -2.57. The maximum atomic E-state index is 16.7. The minimum Gasteiger partial charge on any atom is -0.395 e. The van der Waals surface area contributed by atoms with Crippen molar-refractivity contribution in [1.29, 1.82) is 0 Å². The zero-order valence-corrected chi connectivity index (χ0v) is 39.0. The van der Waals surface area contributed by atoms with Gasteiger partial charge in [-0.15, -0.1) is 10.2 Å². The minimum absolute atomic E-state index is 0.00178. The molecule has 2 fully saturated rings. The Balaban J connectivity index is 1.16. The fraction of sp³-hybridized carbons (Fsp3) is 0.239. The third kappa shape index (κ3) is 9.10. The Morgan fingerprint density at radius 1 is 0.691 bits per heavy atom. The van der Waals surface area contributed by atoms with Crippen molar-refractivity contribution in [1.82, 2.24) is 20.0 Å². The number of benzene rings is 5. The van der Waals surface area contributed by atoms with Crippen LogP contribution < -0.4 is 23.0 Å². The molecule has 0 saturated carbocycles. The number of phosphoric acid groups is 2. The molecule has 22 heteroatoms. The van der Waals surface area contributed by atoms with Gasteiger partial charge in [0.25, 0.3) is 11.8 Å². The number of urea groups is 1. The Morgan fingerprint density at radius 3 is 1.54 bits per heavy atom. The van der Waals surface area contributed by atoms with Gasteiger partial charge in [0, 0.05) is 13.0 Å². The van der Waals surface area contributed by atoms with Gasteiger partial charge in [0.1, 0.15) is 41.5 Å². The fourth-order valence-corrected chi connectivity index (χ4v) is 11.5. The molecule has 0 bridgehead atoms. The normalized spacial score (nSPS) is 19.1. The average Bonchev–Trinajstić information content (AvgIpc) is 3.76. The Labute approximate surface area is 392 Å². The van der Waals surface area contributed by atoms with Crippen LogP contribution in [0.2, 0.25) is 0 Å². The summed E-state index contributed by atoms with van der Waals surface area (Å²) in [7, 11) is -9.69. The molecule has 1 spiro atoms. The second-order valence-corrected chi connectivity index (χ2v) is 20.1. The van der Waals surface area contributed by atoms with Crippen LogP contribution in [0.15, 0.2) is 127 Å². The van der Waals surface area contributed by atoms with Gasteiger partial charge in [-0.05, 0) is 80.9 Å². The number of amides is 4. The number of imide groups is 2. The lowest BCUT2D eigenvalue weighted by molar-refractivity contribution is -0.171. The number of morpholine rings is 1. The molecule has 9 rings (SSSR count). The standard InChI is InChI=1S/C46H41F2N5O12P2S/c1-29-26-51-40-32(24-37(38(47)39(40)48)42-50-49-31(3)68-42)25-46(41(51)30(2)61-29)43(54)52(27-59-66(57,62-33-16-8-4-9-17-33)63-34-18-10-5-11-19-34)45(56)53(44(46)55)28-60-67(58,64-35-20-12-6-13-21-35)65-36-22-14-7-15-23-36/h4-24,29-30,41H,25-28H2,1-3H3/t29-,30+,41?/m0/s1. The summed E-state index contributed by atoms with van der Waals surface area (Å²) in [6.45, 7) is 2.39. The van der Waals surface area contributed by atoms with Gasteiger partial charge < -0.3 is 27.7 Å². The van der Waals surface area contributed by atoms with Crippen LogP contribution in [0.25, 0.3) is 10.6 Å². The molecule has 17 nitrogen and oxygen atoms in total. The molecule has 3 aliphatic rings. The highest BCUT2D eigenvalue weighted by Crippen LogP contribution is 2.55. The molecule has 6 aromatic rings. The molecule has 3 aliphatic heterocycles. The van der Waals surface area contributed by atoms with Gasteiger partial charge in [-0.25, -0.2) is 41.6 Å². The molecule has 4 amide bonds. The van der Waals surface area contributed by atoms with Crippen molar-refractivity contribution >= 4 is 50.5 Å². The van der Waals surface area contributed by atoms with Crippen LogP contribution in [-0.2, 0) is 38.9 Å². The Kier molecular flexibility index (Phi) is 12.9. The van der Waals surface area contributed by atoms with E-state index in [9.17, 15) is 13.9 Å². The van der Waals surface area contributed by atoms with E-state index in [1.807, 2.05) is 0 Å². The average molecular weight is 988 g/mol. The number of aromatic nitrogens is 2. The molecule has 0 N–H and O–H groups in total. The molecule has 2 saturated heterocycles. The molecule has 352 valence electrons. The first-order valence-electron chi connectivity index (χ1n) is 21.1.